The third-order valence-corrected chi connectivity index (χ3v) is 8.40. The minimum atomic E-state index is -0.590. The van der Waals surface area contributed by atoms with Gasteiger partial charge in [0.1, 0.15) is 0 Å². The molecule has 10 heteroatoms. The lowest BCUT2D eigenvalue weighted by Gasteiger charge is -2.36. The van der Waals surface area contributed by atoms with Crippen molar-refractivity contribution in [1.82, 2.24) is 10.2 Å². The normalized spacial score (nSPS) is 17.9. The Labute approximate surface area is 251 Å². The van der Waals surface area contributed by atoms with Crippen LogP contribution < -0.4 is 25.2 Å². The molecule has 2 aromatic carbocycles. The summed E-state index contributed by atoms with van der Waals surface area (Å²) in [4.78, 5) is 29.1. The summed E-state index contributed by atoms with van der Waals surface area (Å²) in [6.45, 7) is 14.4. The molecule has 2 fully saturated rings. The Morgan fingerprint density at radius 1 is 1.02 bits per heavy atom. The van der Waals surface area contributed by atoms with Gasteiger partial charge >= 0.3 is 13.1 Å². The van der Waals surface area contributed by atoms with E-state index in [2.05, 4.69) is 12.2 Å². The number of hydrogen-bond acceptors (Lipinski definition) is 6. The minimum absolute atomic E-state index is 0.0643. The van der Waals surface area contributed by atoms with E-state index in [0.717, 1.165) is 48.0 Å². The van der Waals surface area contributed by atoms with E-state index in [9.17, 15) is 9.59 Å². The maximum atomic E-state index is 13.8. The van der Waals surface area contributed by atoms with Crippen molar-refractivity contribution in [2.45, 2.75) is 91.5 Å². The van der Waals surface area contributed by atoms with Gasteiger partial charge < -0.3 is 29.0 Å². The third kappa shape index (κ3) is 7.21. The van der Waals surface area contributed by atoms with Gasteiger partial charge in [0.2, 0.25) is 5.91 Å². The van der Waals surface area contributed by atoms with Crippen molar-refractivity contribution in [2.24, 2.45) is 0 Å². The number of nitrogens with one attached hydrogen (secondary N) is 1. The number of carbonyl (C=O) groups is 2. The zero-order chi connectivity index (χ0) is 30.5. The van der Waals surface area contributed by atoms with E-state index in [4.69, 9.17) is 18.8 Å². The monoisotopic (exact) mass is 579 g/mol. The summed E-state index contributed by atoms with van der Waals surface area (Å²) < 4.78 is 24.4. The zero-order valence-corrected chi connectivity index (χ0v) is 26.2. The van der Waals surface area contributed by atoms with E-state index in [1.54, 1.807) is 7.11 Å². The minimum Gasteiger partial charge on any atom is -0.493 e. The molecule has 0 bridgehead atoms. The average molecular weight is 580 g/mol. The molecule has 0 aromatic heterocycles. The Balaban J connectivity index is 1.57. The fourth-order valence-electron chi connectivity index (χ4n) is 5.17. The highest BCUT2D eigenvalue weighted by Crippen LogP contribution is 2.37. The highest BCUT2D eigenvalue weighted by Gasteiger charge is 2.52. The number of nitrogens with zero attached hydrogens (tertiary/aromatic N) is 2. The first-order valence-corrected chi connectivity index (χ1v) is 15.0. The van der Waals surface area contributed by atoms with E-state index in [1.165, 1.54) is 6.92 Å². The number of urea groups is 1. The summed E-state index contributed by atoms with van der Waals surface area (Å²) in [6.07, 6.45) is 4.02. The molecule has 0 saturated carbocycles. The molecule has 2 aliphatic rings. The molecule has 0 aliphatic carbocycles. The van der Waals surface area contributed by atoms with Crippen molar-refractivity contribution in [2.75, 3.05) is 31.7 Å². The fourth-order valence-corrected chi connectivity index (χ4v) is 5.17. The van der Waals surface area contributed by atoms with Crippen LogP contribution in [0, 0.1) is 0 Å². The van der Waals surface area contributed by atoms with Crippen LogP contribution in [0.5, 0.6) is 11.5 Å². The van der Waals surface area contributed by atoms with E-state index in [0.29, 0.717) is 44.3 Å². The molecule has 4 rings (SSSR count). The first-order valence-electron chi connectivity index (χ1n) is 15.0. The number of ether oxygens (including phenoxy) is 2. The van der Waals surface area contributed by atoms with Crippen LogP contribution in [-0.4, -0.2) is 62.0 Å². The second kappa shape index (κ2) is 13.4. The van der Waals surface area contributed by atoms with Crippen LogP contribution in [0.1, 0.15) is 78.4 Å². The summed E-state index contributed by atoms with van der Waals surface area (Å²) in [6, 6.07) is 11.6. The van der Waals surface area contributed by atoms with Gasteiger partial charge in [-0.15, -0.1) is 0 Å². The van der Waals surface area contributed by atoms with E-state index < -0.39 is 18.3 Å². The number of carbonyl (C=O) groups excluding carboxylic acids is 2. The van der Waals surface area contributed by atoms with Gasteiger partial charge in [-0.25, -0.2) is 4.79 Å². The van der Waals surface area contributed by atoms with Gasteiger partial charge in [-0.2, -0.15) is 0 Å². The van der Waals surface area contributed by atoms with Gasteiger partial charge in [0.25, 0.3) is 0 Å². The Kier molecular flexibility index (Phi) is 10.1. The van der Waals surface area contributed by atoms with Crippen LogP contribution in [-0.2, 0) is 27.2 Å². The quantitative estimate of drug-likeness (QED) is 0.280. The number of methoxy groups -OCH3 is 1. The van der Waals surface area contributed by atoms with Crippen molar-refractivity contribution in [3.63, 3.8) is 0 Å². The Hall–Kier alpha value is -3.24. The SMILES string of the molecule is CCCCCOc1cc(N2CCCN(Cc3ccc(CNC(C)=O)cc3B3OC(C)(C)C(C)(C)O3)C2=O)ccc1OC. The van der Waals surface area contributed by atoms with Crippen molar-refractivity contribution in [3.8, 4) is 11.5 Å². The molecule has 228 valence electrons. The molecule has 42 heavy (non-hydrogen) atoms. The predicted molar refractivity (Wildman–Crippen MR) is 165 cm³/mol. The van der Waals surface area contributed by atoms with Crippen molar-refractivity contribution < 1.29 is 28.4 Å². The largest absolute Gasteiger partial charge is 0.495 e. The highest BCUT2D eigenvalue weighted by molar-refractivity contribution is 6.62. The van der Waals surface area contributed by atoms with Gasteiger partial charge in [-0.1, -0.05) is 38.0 Å². The van der Waals surface area contributed by atoms with Crippen LogP contribution in [0.2, 0.25) is 0 Å². The number of rotatable bonds is 12. The van der Waals surface area contributed by atoms with Crippen LogP contribution in [0.15, 0.2) is 36.4 Å². The van der Waals surface area contributed by atoms with Gasteiger partial charge in [-0.05, 0) is 69.3 Å². The standard InChI is InChI=1S/C32H46BN3O6/c1-8-9-10-18-40-29-20-26(14-15-28(29)39-7)36-17-11-16-35(30(36)38)22-25-13-12-24(21-34-23(2)37)19-27(25)33-41-31(3,4)32(5,6)42-33/h12-15,19-20H,8-11,16-18,21-22H2,1-7H3,(H,34,37). The summed E-state index contributed by atoms with van der Waals surface area (Å²) in [5, 5.41) is 2.86. The molecule has 2 aliphatic heterocycles. The number of hydrogen-bond donors (Lipinski definition) is 1. The molecule has 0 radical (unpaired) electrons. The van der Waals surface area contributed by atoms with Gasteiger partial charge in [-0.3, -0.25) is 9.69 Å². The van der Waals surface area contributed by atoms with Crippen molar-refractivity contribution >= 4 is 30.2 Å². The average Bonchev–Trinajstić information content (AvgIpc) is 3.17. The first-order chi connectivity index (χ1) is 20.0. The topological polar surface area (TPSA) is 89.6 Å². The molecular weight excluding hydrogens is 533 g/mol. The van der Waals surface area contributed by atoms with Crippen molar-refractivity contribution in [3.05, 3.63) is 47.5 Å². The van der Waals surface area contributed by atoms with E-state index in [1.807, 2.05) is 73.9 Å². The second-order valence-corrected chi connectivity index (χ2v) is 12.1. The molecule has 2 heterocycles. The predicted octanol–water partition coefficient (Wildman–Crippen LogP) is 5.03. The van der Waals surface area contributed by atoms with Gasteiger partial charge in [0, 0.05) is 44.9 Å². The molecule has 2 aromatic rings. The van der Waals surface area contributed by atoms with E-state index >= 15 is 0 Å². The highest BCUT2D eigenvalue weighted by atomic mass is 16.7. The number of amides is 3. The lowest BCUT2D eigenvalue weighted by Crippen LogP contribution is -2.50. The van der Waals surface area contributed by atoms with Crippen LogP contribution >= 0.6 is 0 Å². The lowest BCUT2D eigenvalue weighted by atomic mass is 9.75. The number of benzene rings is 2. The molecule has 0 spiro atoms. The summed E-state index contributed by atoms with van der Waals surface area (Å²) in [5.41, 5.74) is 2.53. The maximum absolute atomic E-state index is 13.8. The third-order valence-electron chi connectivity index (χ3n) is 8.40. The zero-order valence-electron chi connectivity index (χ0n) is 26.2. The molecule has 0 atom stereocenters. The second-order valence-electron chi connectivity index (χ2n) is 12.1. The van der Waals surface area contributed by atoms with Crippen LogP contribution in [0.3, 0.4) is 0 Å². The molecule has 2 saturated heterocycles. The molecule has 3 amide bonds. The molecular formula is C32H46BN3O6. The lowest BCUT2D eigenvalue weighted by molar-refractivity contribution is -0.119. The smallest absolute Gasteiger partial charge is 0.493 e. The Bertz CT molecular complexity index is 1250. The summed E-state index contributed by atoms with van der Waals surface area (Å²) in [7, 11) is 1.04. The fraction of sp³-hybridized carbons (Fsp3) is 0.562. The van der Waals surface area contributed by atoms with Crippen molar-refractivity contribution in [1.29, 1.82) is 0 Å². The van der Waals surface area contributed by atoms with Gasteiger partial charge in [0.05, 0.1) is 24.9 Å². The maximum Gasteiger partial charge on any atom is 0.495 e. The number of unbranched alkanes of at least 4 members (excludes halogenated alkanes) is 2. The van der Waals surface area contributed by atoms with E-state index in [-0.39, 0.29) is 11.9 Å². The van der Waals surface area contributed by atoms with Crippen LogP contribution in [0.4, 0.5) is 10.5 Å². The first kappa shape index (κ1) is 31.7. The Morgan fingerprint density at radius 3 is 2.43 bits per heavy atom. The summed E-state index contributed by atoms with van der Waals surface area (Å²) >= 11 is 0. The van der Waals surface area contributed by atoms with Crippen LogP contribution in [0.25, 0.3) is 0 Å². The molecule has 1 N–H and O–H groups in total. The molecule has 9 nitrogen and oxygen atoms in total. The summed E-state index contributed by atoms with van der Waals surface area (Å²) in [5.74, 6) is 1.21. The van der Waals surface area contributed by atoms with Gasteiger partial charge in [0.15, 0.2) is 11.5 Å². The number of anilines is 1. The Morgan fingerprint density at radius 2 is 1.76 bits per heavy atom. The molecule has 0 unspecified atom stereocenters.